The van der Waals surface area contributed by atoms with Crippen molar-refractivity contribution in [3.05, 3.63) is 16.1 Å². The number of aromatic nitrogens is 1. The highest BCUT2D eigenvalue weighted by Gasteiger charge is 2.32. The zero-order chi connectivity index (χ0) is 12.5. The number of carbonyl (C=O) groups excluding carboxylic acids is 1. The Balaban J connectivity index is 2.20. The Bertz CT molecular complexity index is 408. The molecule has 0 bridgehead atoms. The normalized spacial score (nSPS) is 19.0. The SMILES string of the molecule is CN(C)C(=O)c1cnc(C2(C)CCNCC2)s1. The predicted octanol–water partition coefficient (Wildman–Crippen LogP) is 1.49. The number of hydrogen-bond acceptors (Lipinski definition) is 4. The molecular formula is C12H19N3OS. The summed E-state index contributed by atoms with van der Waals surface area (Å²) in [6.45, 7) is 4.32. The fourth-order valence-corrected chi connectivity index (χ4v) is 3.20. The van der Waals surface area contributed by atoms with Crippen molar-refractivity contribution >= 4 is 17.2 Å². The van der Waals surface area contributed by atoms with Gasteiger partial charge >= 0.3 is 0 Å². The Morgan fingerprint density at radius 2 is 2.12 bits per heavy atom. The third kappa shape index (κ3) is 2.50. The molecule has 1 saturated heterocycles. The van der Waals surface area contributed by atoms with Crippen LogP contribution in [0.3, 0.4) is 0 Å². The van der Waals surface area contributed by atoms with Crippen LogP contribution in [0.5, 0.6) is 0 Å². The molecule has 0 saturated carbocycles. The van der Waals surface area contributed by atoms with Crippen molar-refractivity contribution in [2.45, 2.75) is 25.2 Å². The lowest BCUT2D eigenvalue weighted by molar-refractivity contribution is 0.0832. The summed E-state index contributed by atoms with van der Waals surface area (Å²) in [7, 11) is 3.54. The molecule has 0 aliphatic carbocycles. The van der Waals surface area contributed by atoms with Gasteiger partial charge in [0, 0.05) is 19.5 Å². The zero-order valence-corrected chi connectivity index (χ0v) is 11.4. The summed E-state index contributed by atoms with van der Waals surface area (Å²) >= 11 is 1.54. The lowest BCUT2D eigenvalue weighted by Crippen LogP contribution is -2.37. The van der Waals surface area contributed by atoms with Gasteiger partial charge in [-0.1, -0.05) is 6.92 Å². The summed E-state index contributed by atoms with van der Waals surface area (Å²) in [5.41, 5.74) is 0.140. The fourth-order valence-electron chi connectivity index (χ4n) is 2.06. The molecule has 1 fully saturated rings. The Kier molecular flexibility index (Phi) is 3.49. The summed E-state index contributed by atoms with van der Waals surface area (Å²) in [5.74, 6) is 0.0475. The maximum absolute atomic E-state index is 11.8. The van der Waals surface area contributed by atoms with Crippen molar-refractivity contribution in [2.75, 3.05) is 27.2 Å². The van der Waals surface area contributed by atoms with Crippen LogP contribution in [-0.2, 0) is 5.41 Å². The largest absolute Gasteiger partial charge is 0.344 e. The average molecular weight is 253 g/mol. The highest BCUT2D eigenvalue weighted by molar-refractivity contribution is 7.13. The van der Waals surface area contributed by atoms with Crippen LogP contribution in [0.1, 0.15) is 34.4 Å². The van der Waals surface area contributed by atoms with Crippen LogP contribution in [0.15, 0.2) is 6.20 Å². The molecule has 1 aromatic rings. The molecule has 0 aromatic carbocycles. The van der Waals surface area contributed by atoms with E-state index in [1.807, 2.05) is 0 Å². The summed E-state index contributed by atoms with van der Waals surface area (Å²) < 4.78 is 0. The third-order valence-corrected chi connectivity index (χ3v) is 4.64. The second-order valence-electron chi connectivity index (χ2n) is 5.04. The van der Waals surface area contributed by atoms with E-state index in [-0.39, 0.29) is 11.3 Å². The van der Waals surface area contributed by atoms with Crippen molar-refractivity contribution in [3.8, 4) is 0 Å². The number of thiazole rings is 1. The summed E-state index contributed by atoms with van der Waals surface area (Å²) in [4.78, 5) is 18.6. The fraction of sp³-hybridized carbons (Fsp3) is 0.667. The van der Waals surface area contributed by atoms with Gasteiger partial charge in [0.25, 0.3) is 5.91 Å². The van der Waals surface area contributed by atoms with Gasteiger partial charge in [-0.05, 0) is 25.9 Å². The molecule has 2 heterocycles. The molecule has 0 radical (unpaired) electrons. The molecule has 1 amide bonds. The van der Waals surface area contributed by atoms with Crippen molar-refractivity contribution in [3.63, 3.8) is 0 Å². The molecule has 1 aromatic heterocycles. The van der Waals surface area contributed by atoms with Crippen molar-refractivity contribution in [1.82, 2.24) is 15.2 Å². The summed E-state index contributed by atoms with van der Waals surface area (Å²) in [6, 6.07) is 0. The van der Waals surface area contributed by atoms with Crippen LogP contribution >= 0.6 is 11.3 Å². The number of nitrogens with one attached hydrogen (secondary N) is 1. The van der Waals surface area contributed by atoms with E-state index in [2.05, 4.69) is 17.2 Å². The molecule has 5 heteroatoms. The number of nitrogens with zero attached hydrogens (tertiary/aromatic N) is 2. The van der Waals surface area contributed by atoms with Crippen molar-refractivity contribution < 1.29 is 4.79 Å². The molecule has 1 N–H and O–H groups in total. The molecule has 0 atom stereocenters. The van der Waals surface area contributed by atoms with Crippen LogP contribution in [0.25, 0.3) is 0 Å². The minimum absolute atomic E-state index is 0.0475. The van der Waals surface area contributed by atoms with Gasteiger partial charge in [0.05, 0.1) is 11.2 Å². The minimum Gasteiger partial charge on any atom is -0.344 e. The van der Waals surface area contributed by atoms with Gasteiger partial charge < -0.3 is 10.2 Å². The van der Waals surface area contributed by atoms with Gasteiger partial charge in [-0.25, -0.2) is 4.98 Å². The van der Waals surface area contributed by atoms with E-state index in [1.54, 1.807) is 36.5 Å². The summed E-state index contributed by atoms with van der Waals surface area (Å²) in [6.07, 6.45) is 3.90. The Hall–Kier alpha value is -0.940. The lowest BCUT2D eigenvalue weighted by atomic mass is 9.82. The Morgan fingerprint density at radius 1 is 1.47 bits per heavy atom. The molecule has 1 aliphatic heterocycles. The highest BCUT2D eigenvalue weighted by Crippen LogP contribution is 2.35. The summed E-state index contributed by atoms with van der Waals surface area (Å²) in [5, 5.41) is 4.46. The first-order valence-corrected chi connectivity index (χ1v) is 6.73. The van der Waals surface area contributed by atoms with E-state index in [9.17, 15) is 4.79 Å². The van der Waals surface area contributed by atoms with E-state index in [0.29, 0.717) is 0 Å². The first-order chi connectivity index (χ1) is 8.03. The predicted molar refractivity (Wildman–Crippen MR) is 69.6 cm³/mol. The standard InChI is InChI=1S/C12H19N3OS/c1-12(4-6-13-7-5-12)11-14-8-9(17-11)10(16)15(2)3/h8,13H,4-7H2,1-3H3. The van der Waals surface area contributed by atoms with Crippen LogP contribution < -0.4 is 5.32 Å². The molecule has 1 aliphatic rings. The maximum atomic E-state index is 11.8. The zero-order valence-electron chi connectivity index (χ0n) is 10.6. The Labute approximate surface area is 106 Å². The van der Waals surface area contributed by atoms with Crippen LogP contribution in [0.4, 0.5) is 0 Å². The minimum atomic E-state index is 0.0475. The van der Waals surface area contributed by atoms with Crippen LogP contribution in [0.2, 0.25) is 0 Å². The van der Waals surface area contributed by atoms with Gasteiger partial charge in [-0.2, -0.15) is 0 Å². The molecule has 0 spiro atoms. The molecule has 94 valence electrons. The van der Waals surface area contributed by atoms with E-state index < -0.39 is 0 Å². The number of carbonyl (C=O) groups is 1. The molecule has 17 heavy (non-hydrogen) atoms. The van der Waals surface area contributed by atoms with Gasteiger partial charge in [0.1, 0.15) is 4.88 Å². The maximum Gasteiger partial charge on any atom is 0.265 e. The van der Waals surface area contributed by atoms with E-state index in [0.717, 1.165) is 35.8 Å². The van der Waals surface area contributed by atoms with Crippen molar-refractivity contribution in [1.29, 1.82) is 0 Å². The molecule has 2 rings (SSSR count). The number of rotatable bonds is 2. The molecule has 4 nitrogen and oxygen atoms in total. The van der Waals surface area contributed by atoms with Gasteiger partial charge in [-0.15, -0.1) is 11.3 Å². The first-order valence-electron chi connectivity index (χ1n) is 5.92. The number of piperidine rings is 1. The molecule has 0 unspecified atom stereocenters. The van der Waals surface area contributed by atoms with Crippen LogP contribution in [0, 0.1) is 0 Å². The lowest BCUT2D eigenvalue weighted by Gasteiger charge is -2.31. The first kappa shape index (κ1) is 12.5. The van der Waals surface area contributed by atoms with Gasteiger partial charge in [0.15, 0.2) is 0 Å². The molecular weight excluding hydrogens is 234 g/mol. The van der Waals surface area contributed by atoms with Gasteiger partial charge in [-0.3, -0.25) is 4.79 Å². The third-order valence-electron chi connectivity index (χ3n) is 3.35. The van der Waals surface area contributed by atoms with Crippen molar-refractivity contribution in [2.24, 2.45) is 0 Å². The van der Waals surface area contributed by atoms with E-state index in [4.69, 9.17) is 0 Å². The highest BCUT2D eigenvalue weighted by atomic mass is 32.1. The second kappa shape index (κ2) is 4.74. The van der Waals surface area contributed by atoms with Crippen LogP contribution in [-0.4, -0.2) is 43.0 Å². The average Bonchev–Trinajstić information content (AvgIpc) is 2.78. The second-order valence-corrected chi connectivity index (χ2v) is 6.07. The topological polar surface area (TPSA) is 45.2 Å². The smallest absolute Gasteiger partial charge is 0.265 e. The number of hydrogen-bond donors (Lipinski definition) is 1. The monoisotopic (exact) mass is 253 g/mol. The number of amides is 1. The van der Waals surface area contributed by atoms with E-state index in [1.165, 1.54) is 0 Å². The van der Waals surface area contributed by atoms with E-state index >= 15 is 0 Å². The Morgan fingerprint density at radius 3 is 2.71 bits per heavy atom. The quantitative estimate of drug-likeness (QED) is 0.868. The van der Waals surface area contributed by atoms with Gasteiger partial charge in [0.2, 0.25) is 0 Å².